The zero-order valence-electron chi connectivity index (χ0n) is 12.3. The maximum Gasteiger partial charge on any atom is 0.229 e. The van der Waals surface area contributed by atoms with E-state index in [1.54, 1.807) is 12.3 Å². The lowest BCUT2D eigenvalue weighted by atomic mass is 10.2. The Labute approximate surface area is 130 Å². The number of hydrogen-bond donors (Lipinski definition) is 1. The summed E-state index contributed by atoms with van der Waals surface area (Å²) in [5.41, 5.74) is 0.908. The Kier molecular flexibility index (Phi) is 3.98. The topological polar surface area (TPSA) is 75.2 Å². The van der Waals surface area contributed by atoms with Crippen molar-refractivity contribution in [3.05, 3.63) is 42.6 Å². The summed E-state index contributed by atoms with van der Waals surface area (Å²) in [5, 5.41) is 3.14. The van der Waals surface area contributed by atoms with Crippen molar-refractivity contribution in [2.45, 2.75) is 12.5 Å². The Bertz CT molecular complexity index is 749. The number of sulfone groups is 1. The van der Waals surface area contributed by atoms with Gasteiger partial charge in [-0.3, -0.25) is 0 Å². The Balaban J connectivity index is 1.76. The van der Waals surface area contributed by atoms with Crippen molar-refractivity contribution in [2.24, 2.45) is 0 Å². The average molecular weight is 318 g/mol. The van der Waals surface area contributed by atoms with Gasteiger partial charge in [-0.2, -0.15) is 4.98 Å². The minimum atomic E-state index is -2.91. The first kappa shape index (κ1) is 14.8. The van der Waals surface area contributed by atoms with Gasteiger partial charge in [-0.1, -0.05) is 18.2 Å². The van der Waals surface area contributed by atoms with E-state index in [2.05, 4.69) is 15.3 Å². The maximum absolute atomic E-state index is 11.6. The van der Waals surface area contributed by atoms with Gasteiger partial charge >= 0.3 is 0 Å². The highest BCUT2D eigenvalue weighted by Crippen LogP contribution is 2.22. The van der Waals surface area contributed by atoms with E-state index in [4.69, 9.17) is 0 Å². The van der Waals surface area contributed by atoms with Crippen LogP contribution in [0.15, 0.2) is 42.6 Å². The third-order valence-electron chi connectivity index (χ3n) is 3.79. The second-order valence-electron chi connectivity index (χ2n) is 5.40. The Morgan fingerprint density at radius 2 is 2.00 bits per heavy atom. The van der Waals surface area contributed by atoms with Crippen molar-refractivity contribution < 1.29 is 8.42 Å². The molecule has 1 aromatic heterocycles. The molecular weight excluding hydrogens is 300 g/mol. The second-order valence-corrected chi connectivity index (χ2v) is 7.63. The number of para-hydroxylation sites is 1. The normalized spacial score (nSPS) is 19.8. The largest absolute Gasteiger partial charge is 0.355 e. The Morgan fingerprint density at radius 3 is 2.68 bits per heavy atom. The zero-order valence-corrected chi connectivity index (χ0v) is 13.1. The lowest BCUT2D eigenvalue weighted by Crippen LogP contribution is -2.33. The smallest absolute Gasteiger partial charge is 0.229 e. The lowest BCUT2D eigenvalue weighted by Gasteiger charge is -2.24. The fraction of sp³-hybridized carbons (Fsp3) is 0.333. The van der Waals surface area contributed by atoms with Crippen molar-refractivity contribution >= 4 is 27.3 Å². The molecule has 3 rings (SSSR count). The van der Waals surface area contributed by atoms with Gasteiger partial charge in [0.25, 0.3) is 0 Å². The van der Waals surface area contributed by atoms with Crippen LogP contribution in [0.2, 0.25) is 0 Å². The van der Waals surface area contributed by atoms with Gasteiger partial charge < -0.3 is 10.2 Å². The molecule has 0 spiro atoms. The first-order valence-corrected chi connectivity index (χ1v) is 8.94. The van der Waals surface area contributed by atoms with Crippen LogP contribution in [0.4, 0.5) is 17.5 Å². The number of anilines is 3. The highest BCUT2D eigenvalue weighted by Gasteiger charge is 2.31. The van der Waals surface area contributed by atoms with Gasteiger partial charge in [0.1, 0.15) is 5.82 Å². The summed E-state index contributed by atoms with van der Waals surface area (Å²) in [5.74, 6) is 1.66. The van der Waals surface area contributed by atoms with E-state index < -0.39 is 9.84 Å². The van der Waals surface area contributed by atoms with Crippen LogP contribution in [0, 0.1) is 0 Å². The summed E-state index contributed by atoms with van der Waals surface area (Å²) in [7, 11) is -1.03. The monoisotopic (exact) mass is 318 g/mol. The highest BCUT2D eigenvalue weighted by atomic mass is 32.2. The summed E-state index contributed by atoms with van der Waals surface area (Å²) in [4.78, 5) is 10.6. The van der Waals surface area contributed by atoms with Crippen LogP contribution in [0.25, 0.3) is 0 Å². The van der Waals surface area contributed by atoms with Crippen LogP contribution >= 0.6 is 0 Å². The third-order valence-corrected chi connectivity index (χ3v) is 5.54. The van der Waals surface area contributed by atoms with Crippen LogP contribution in [-0.2, 0) is 9.84 Å². The Morgan fingerprint density at radius 1 is 1.23 bits per heavy atom. The molecule has 22 heavy (non-hydrogen) atoms. The molecule has 1 aromatic carbocycles. The van der Waals surface area contributed by atoms with Crippen LogP contribution in [0.5, 0.6) is 0 Å². The molecular formula is C15H18N4O2S. The number of aromatic nitrogens is 2. The van der Waals surface area contributed by atoms with Crippen molar-refractivity contribution in [1.82, 2.24) is 9.97 Å². The average Bonchev–Trinajstić information content (AvgIpc) is 2.88. The number of rotatable bonds is 4. The summed E-state index contributed by atoms with van der Waals surface area (Å²) in [6, 6.07) is 11.4. The fourth-order valence-electron chi connectivity index (χ4n) is 2.52. The van der Waals surface area contributed by atoms with E-state index >= 15 is 0 Å². The first-order chi connectivity index (χ1) is 10.5. The molecule has 0 radical (unpaired) electrons. The molecule has 2 aromatic rings. The molecule has 1 aliphatic rings. The SMILES string of the molecule is CN(c1ccnc(Nc2ccccc2)n1)C1CCS(=O)(=O)C1. The highest BCUT2D eigenvalue weighted by molar-refractivity contribution is 7.91. The summed E-state index contributed by atoms with van der Waals surface area (Å²) in [6.45, 7) is 0. The van der Waals surface area contributed by atoms with E-state index in [-0.39, 0.29) is 17.5 Å². The van der Waals surface area contributed by atoms with Gasteiger partial charge in [-0.25, -0.2) is 13.4 Å². The van der Waals surface area contributed by atoms with E-state index in [1.807, 2.05) is 42.3 Å². The molecule has 1 atom stereocenters. The number of nitrogens with one attached hydrogen (secondary N) is 1. The van der Waals surface area contributed by atoms with Crippen LogP contribution in [0.1, 0.15) is 6.42 Å². The molecule has 6 nitrogen and oxygen atoms in total. The van der Waals surface area contributed by atoms with Crippen molar-refractivity contribution in [2.75, 3.05) is 28.8 Å². The molecule has 2 heterocycles. The Hall–Kier alpha value is -2.15. The third kappa shape index (κ3) is 3.36. The minimum absolute atomic E-state index is 0.0236. The van der Waals surface area contributed by atoms with Gasteiger partial charge in [0, 0.05) is 25.0 Å². The maximum atomic E-state index is 11.6. The van der Waals surface area contributed by atoms with Gasteiger partial charge in [-0.15, -0.1) is 0 Å². The number of nitrogens with zero attached hydrogens (tertiary/aromatic N) is 3. The molecule has 1 saturated heterocycles. The van der Waals surface area contributed by atoms with E-state index in [0.29, 0.717) is 12.4 Å². The molecule has 0 aliphatic carbocycles. The molecule has 1 fully saturated rings. The summed E-state index contributed by atoms with van der Waals surface area (Å²) < 4.78 is 23.2. The van der Waals surface area contributed by atoms with Crippen LogP contribution in [-0.4, -0.2) is 43.0 Å². The lowest BCUT2D eigenvalue weighted by molar-refractivity contribution is 0.600. The van der Waals surface area contributed by atoms with Crippen LogP contribution in [0.3, 0.4) is 0 Å². The van der Waals surface area contributed by atoms with Gasteiger partial charge in [-0.05, 0) is 24.6 Å². The van der Waals surface area contributed by atoms with Crippen molar-refractivity contribution in [1.29, 1.82) is 0 Å². The standard InChI is InChI=1S/C15H18N4O2S/c1-19(13-8-10-22(20,21)11-13)14-7-9-16-15(18-14)17-12-5-3-2-4-6-12/h2-7,9,13H,8,10-11H2,1H3,(H,16,17,18). The fourth-order valence-corrected chi connectivity index (χ4v) is 4.30. The van der Waals surface area contributed by atoms with Crippen molar-refractivity contribution in [3.63, 3.8) is 0 Å². The molecule has 0 amide bonds. The van der Waals surface area contributed by atoms with E-state index in [9.17, 15) is 8.42 Å². The van der Waals surface area contributed by atoms with Gasteiger partial charge in [0.15, 0.2) is 9.84 Å². The van der Waals surface area contributed by atoms with Crippen molar-refractivity contribution in [3.8, 4) is 0 Å². The molecule has 116 valence electrons. The first-order valence-electron chi connectivity index (χ1n) is 7.12. The van der Waals surface area contributed by atoms with Gasteiger partial charge in [0.05, 0.1) is 11.5 Å². The second kappa shape index (κ2) is 5.92. The van der Waals surface area contributed by atoms with E-state index in [1.165, 1.54) is 0 Å². The molecule has 0 saturated carbocycles. The van der Waals surface area contributed by atoms with Crippen LogP contribution < -0.4 is 10.2 Å². The quantitative estimate of drug-likeness (QED) is 0.927. The molecule has 1 aliphatic heterocycles. The zero-order chi connectivity index (χ0) is 15.6. The molecule has 7 heteroatoms. The predicted molar refractivity (Wildman–Crippen MR) is 87.2 cm³/mol. The number of hydrogen-bond acceptors (Lipinski definition) is 6. The van der Waals surface area contributed by atoms with E-state index in [0.717, 1.165) is 11.5 Å². The van der Waals surface area contributed by atoms with Gasteiger partial charge in [0.2, 0.25) is 5.95 Å². The molecule has 1 N–H and O–H groups in total. The summed E-state index contributed by atoms with van der Waals surface area (Å²) >= 11 is 0. The predicted octanol–water partition coefficient (Wildman–Crippen LogP) is 1.84. The minimum Gasteiger partial charge on any atom is -0.355 e. The molecule has 0 bridgehead atoms. The number of benzene rings is 1. The summed E-state index contributed by atoms with van der Waals surface area (Å²) in [6.07, 6.45) is 2.32. The molecule has 1 unspecified atom stereocenters.